The number of nitrogens with zero attached hydrogens (tertiary/aromatic N) is 3. The fourth-order valence-electron chi connectivity index (χ4n) is 4.27. The minimum atomic E-state index is -0.393. The van der Waals surface area contributed by atoms with Crippen LogP contribution in [-0.4, -0.2) is 59.6 Å². The van der Waals surface area contributed by atoms with Crippen LogP contribution in [0.5, 0.6) is 0 Å². The Morgan fingerprint density at radius 2 is 1.59 bits per heavy atom. The molecule has 7 heteroatoms. The molecule has 2 aliphatic rings. The summed E-state index contributed by atoms with van der Waals surface area (Å²) in [6, 6.07) is 14.2. The van der Waals surface area contributed by atoms with Gasteiger partial charge in [-0.3, -0.25) is 19.3 Å². The summed E-state index contributed by atoms with van der Waals surface area (Å²) >= 11 is 0.904. The first-order valence-corrected chi connectivity index (χ1v) is 11.6. The first kappa shape index (κ1) is 22.1. The van der Waals surface area contributed by atoms with E-state index < -0.39 is 5.91 Å². The van der Waals surface area contributed by atoms with Crippen molar-refractivity contribution in [3.05, 3.63) is 69.6 Å². The van der Waals surface area contributed by atoms with Gasteiger partial charge in [-0.2, -0.15) is 0 Å². The van der Waals surface area contributed by atoms with Crippen molar-refractivity contribution in [1.29, 1.82) is 0 Å². The number of hydrogen-bond donors (Lipinski definition) is 0. The Bertz CT molecular complexity index is 1070. The number of para-hydroxylation sites is 1. The lowest BCUT2D eigenvalue weighted by Crippen LogP contribution is -2.51. The van der Waals surface area contributed by atoms with E-state index in [9.17, 15) is 14.4 Å². The Hall–Kier alpha value is -3.06. The zero-order valence-electron chi connectivity index (χ0n) is 18.6. The van der Waals surface area contributed by atoms with Crippen LogP contribution < -0.4 is 4.90 Å². The highest BCUT2D eigenvalue weighted by molar-refractivity contribution is 8.18. The topological polar surface area (TPSA) is 60.9 Å². The molecule has 2 heterocycles. The number of anilines is 1. The molecule has 2 aromatic carbocycles. The maximum atomic E-state index is 12.9. The van der Waals surface area contributed by atoms with Gasteiger partial charge >= 0.3 is 0 Å². The zero-order valence-corrected chi connectivity index (χ0v) is 19.4. The van der Waals surface area contributed by atoms with Crippen molar-refractivity contribution in [3.63, 3.8) is 0 Å². The Labute approximate surface area is 192 Å². The van der Waals surface area contributed by atoms with Crippen LogP contribution in [0.4, 0.5) is 10.5 Å². The van der Waals surface area contributed by atoms with Crippen LogP contribution in [-0.2, 0) is 9.59 Å². The van der Waals surface area contributed by atoms with E-state index in [1.54, 1.807) is 11.0 Å². The van der Waals surface area contributed by atoms with E-state index in [1.807, 2.05) is 39.0 Å². The second-order valence-corrected chi connectivity index (χ2v) is 9.28. The van der Waals surface area contributed by atoms with Gasteiger partial charge in [-0.05, 0) is 67.4 Å². The number of amides is 3. The molecule has 0 bridgehead atoms. The molecule has 0 aliphatic carbocycles. The van der Waals surface area contributed by atoms with Crippen LogP contribution in [0.2, 0.25) is 0 Å². The van der Waals surface area contributed by atoms with Gasteiger partial charge in [0.05, 0.1) is 4.91 Å². The average Bonchev–Trinajstić information content (AvgIpc) is 3.04. The summed E-state index contributed by atoms with van der Waals surface area (Å²) in [5.41, 5.74) is 5.35. The summed E-state index contributed by atoms with van der Waals surface area (Å²) in [5, 5.41) is -0.389. The summed E-state index contributed by atoms with van der Waals surface area (Å²) in [7, 11) is 0. The first-order valence-electron chi connectivity index (χ1n) is 10.7. The largest absolute Gasteiger partial charge is 0.368 e. The maximum Gasteiger partial charge on any atom is 0.294 e. The monoisotopic (exact) mass is 449 g/mol. The SMILES string of the molecule is Cc1cc(C)c(/C=C2/SC(=O)N(CC(=O)N3CCN(c4ccccc4)CC3)C2=O)c(C)c1. The highest BCUT2D eigenvalue weighted by atomic mass is 32.2. The van der Waals surface area contributed by atoms with Crippen molar-refractivity contribution in [3.8, 4) is 0 Å². The van der Waals surface area contributed by atoms with Crippen molar-refractivity contribution in [2.75, 3.05) is 37.6 Å². The number of aryl methyl sites for hydroxylation is 3. The molecule has 3 amide bonds. The minimum Gasteiger partial charge on any atom is -0.368 e. The van der Waals surface area contributed by atoms with Crippen molar-refractivity contribution in [1.82, 2.24) is 9.80 Å². The normalized spacial score (nSPS) is 18.1. The predicted molar refractivity (Wildman–Crippen MR) is 129 cm³/mol. The smallest absolute Gasteiger partial charge is 0.294 e. The Balaban J connectivity index is 1.40. The third-order valence-electron chi connectivity index (χ3n) is 5.93. The van der Waals surface area contributed by atoms with Gasteiger partial charge in [0, 0.05) is 31.9 Å². The molecule has 2 saturated heterocycles. The lowest BCUT2D eigenvalue weighted by molar-refractivity contribution is -0.136. The fraction of sp³-hybridized carbons (Fsp3) is 0.320. The first-order chi connectivity index (χ1) is 15.3. The second-order valence-electron chi connectivity index (χ2n) is 8.28. The van der Waals surface area contributed by atoms with E-state index in [4.69, 9.17) is 0 Å². The summed E-state index contributed by atoms with van der Waals surface area (Å²) in [5.74, 6) is -0.584. The Morgan fingerprint density at radius 3 is 2.22 bits per heavy atom. The minimum absolute atomic E-state index is 0.191. The number of benzene rings is 2. The summed E-state index contributed by atoms with van der Waals surface area (Å²) in [6.07, 6.45) is 1.78. The number of hydrogen-bond acceptors (Lipinski definition) is 5. The van der Waals surface area contributed by atoms with Gasteiger partial charge < -0.3 is 9.80 Å². The van der Waals surface area contributed by atoms with E-state index in [0.717, 1.165) is 57.7 Å². The van der Waals surface area contributed by atoms with Crippen LogP contribution in [0, 0.1) is 20.8 Å². The standard InChI is InChI=1S/C25H27N3O3S/c1-17-13-18(2)21(19(3)14-17)15-22-24(30)28(25(31)32-22)16-23(29)27-11-9-26(10-12-27)20-7-5-4-6-8-20/h4-8,13-15H,9-12,16H2,1-3H3/b22-15+. The Morgan fingerprint density at radius 1 is 0.969 bits per heavy atom. The molecule has 32 heavy (non-hydrogen) atoms. The molecule has 4 rings (SSSR count). The molecule has 2 fully saturated rings. The van der Waals surface area contributed by atoms with Gasteiger partial charge in [-0.1, -0.05) is 35.9 Å². The van der Waals surface area contributed by atoms with Crippen molar-refractivity contribution in [2.24, 2.45) is 0 Å². The second kappa shape index (κ2) is 9.20. The Kier molecular flexibility index (Phi) is 6.37. The van der Waals surface area contributed by atoms with Crippen LogP contribution in [0.3, 0.4) is 0 Å². The molecule has 166 valence electrons. The highest BCUT2D eigenvalue weighted by Gasteiger charge is 2.37. The van der Waals surface area contributed by atoms with Gasteiger partial charge in [0.25, 0.3) is 11.1 Å². The van der Waals surface area contributed by atoms with E-state index in [0.29, 0.717) is 18.0 Å². The van der Waals surface area contributed by atoms with E-state index in [2.05, 4.69) is 29.2 Å². The van der Waals surface area contributed by atoms with Crippen molar-refractivity contribution in [2.45, 2.75) is 20.8 Å². The molecule has 0 aromatic heterocycles. The molecule has 0 spiro atoms. The highest BCUT2D eigenvalue weighted by Crippen LogP contribution is 2.33. The van der Waals surface area contributed by atoms with Gasteiger partial charge in [0.1, 0.15) is 6.54 Å². The summed E-state index contributed by atoms with van der Waals surface area (Å²) in [4.78, 5) is 43.7. The number of carbonyl (C=O) groups excluding carboxylic acids is 3. The van der Waals surface area contributed by atoms with Crippen molar-refractivity contribution >= 4 is 40.6 Å². The molecule has 2 aliphatic heterocycles. The van der Waals surface area contributed by atoms with E-state index >= 15 is 0 Å². The number of imide groups is 1. The molecule has 0 radical (unpaired) electrons. The number of thioether (sulfide) groups is 1. The molecule has 0 saturated carbocycles. The van der Waals surface area contributed by atoms with Gasteiger partial charge in [0.15, 0.2) is 0 Å². The van der Waals surface area contributed by atoms with Crippen LogP contribution in [0.25, 0.3) is 6.08 Å². The molecule has 0 N–H and O–H groups in total. The summed E-state index contributed by atoms with van der Waals surface area (Å²) < 4.78 is 0. The number of rotatable bonds is 4. The third kappa shape index (κ3) is 4.58. The quantitative estimate of drug-likeness (QED) is 0.661. The molecular formula is C25H27N3O3S. The average molecular weight is 450 g/mol. The lowest BCUT2D eigenvalue weighted by atomic mass is 9.99. The van der Waals surface area contributed by atoms with Crippen LogP contribution in [0.1, 0.15) is 22.3 Å². The summed E-state index contributed by atoms with van der Waals surface area (Å²) in [6.45, 7) is 8.40. The maximum absolute atomic E-state index is 12.9. The van der Waals surface area contributed by atoms with Crippen molar-refractivity contribution < 1.29 is 14.4 Å². The number of piperazine rings is 1. The lowest BCUT2D eigenvalue weighted by Gasteiger charge is -2.36. The molecule has 0 unspecified atom stereocenters. The van der Waals surface area contributed by atoms with Crippen LogP contribution in [0.15, 0.2) is 47.4 Å². The van der Waals surface area contributed by atoms with E-state index in [-0.39, 0.29) is 17.7 Å². The number of carbonyl (C=O) groups is 3. The molecule has 0 atom stereocenters. The van der Waals surface area contributed by atoms with E-state index in [1.165, 1.54) is 0 Å². The fourth-order valence-corrected chi connectivity index (χ4v) is 5.09. The molecule has 2 aromatic rings. The molecular weight excluding hydrogens is 422 g/mol. The third-order valence-corrected chi connectivity index (χ3v) is 6.84. The predicted octanol–water partition coefficient (Wildman–Crippen LogP) is 4.00. The zero-order chi connectivity index (χ0) is 22.8. The van der Waals surface area contributed by atoms with Crippen LogP contribution >= 0.6 is 11.8 Å². The molecule has 6 nitrogen and oxygen atoms in total. The van der Waals surface area contributed by atoms with Gasteiger partial charge in [-0.15, -0.1) is 0 Å². The van der Waals surface area contributed by atoms with Gasteiger partial charge in [-0.25, -0.2) is 0 Å². The van der Waals surface area contributed by atoms with Gasteiger partial charge in [0.2, 0.25) is 5.91 Å².